The number of hydrogen-bond donors (Lipinski definition) is 1. The van der Waals surface area contributed by atoms with E-state index >= 15 is 0 Å². The fraction of sp³-hybridized carbons (Fsp3) is 1.00. The van der Waals surface area contributed by atoms with Gasteiger partial charge in [0.15, 0.2) is 0 Å². The lowest BCUT2D eigenvalue weighted by molar-refractivity contribution is -0.00430. The first kappa shape index (κ1) is 14.8. The average molecular weight is 279 g/mol. The van der Waals surface area contributed by atoms with Crippen molar-refractivity contribution in [3.63, 3.8) is 0 Å². The third kappa shape index (κ3) is 3.22. The van der Waals surface area contributed by atoms with Gasteiger partial charge >= 0.3 is 0 Å². The van der Waals surface area contributed by atoms with Crippen molar-refractivity contribution in [1.29, 1.82) is 0 Å². The number of fused-ring (bicyclic) bond motifs is 1. The van der Waals surface area contributed by atoms with Crippen LogP contribution in [0.4, 0.5) is 0 Å². The van der Waals surface area contributed by atoms with Crippen molar-refractivity contribution in [2.45, 2.75) is 83.1 Å². The summed E-state index contributed by atoms with van der Waals surface area (Å²) < 4.78 is 0. The van der Waals surface area contributed by atoms with Gasteiger partial charge in [-0.2, -0.15) is 0 Å². The Morgan fingerprint density at radius 2 is 1.55 bits per heavy atom. The van der Waals surface area contributed by atoms with Crippen LogP contribution in [0.15, 0.2) is 0 Å². The van der Waals surface area contributed by atoms with Gasteiger partial charge < -0.3 is 5.11 Å². The Morgan fingerprint density at radius 1 is 0.850 bits per heavy atom. The van der Waals surface area contributed by atoms with Crippen LogP contribution in [0.5, 0.6) is 0 Å². The Labute approximate surface area is 124 Å². The van der Waals surface area contributed by atoms with Gasteiger partial charge in [-0.3, -0.25) is 4.90 Å². The van der Waals surface area contributed by atoms with Crippen LogP contribution in [0.25, 0.3) is 0 Å². The highest BCUT2D eigenvalue weighted by Crippen LogP contribution is 2.40. The van der Waals surface area contributed by atoms with E-state index in [9.17, 15) is 5.11 Å². The van der Waals surface area contributed by atoms with Crippen LogP contribution in [0.1, 0.15) is 77.0 Å². The van der Waals surface area contributed by atoms with Crippen LogP contribution < -0.4 is 0 Å². The molecule has 0 spiro atoms. The molecule has 3 rings (SSSR count). The van der Waals surface area contributed by atoms with Gasteiger partial charge in [-0.05, 0) is 51.0 Å². The van der Waals surface area contributed by atoms with E-state index in [0.717, 1.165) is 12.0 Å². The number of rotatable bonds is 3. The van der Waals surface area contributed by atoms with Gasteiger partial charge in [0.25, 0.3) is 0 Å². The van der Waals surface area contributed by atoms with Gasteiger partial charge in [0.05, 0.1) is 0 Å². The number of piperidine rings is 1. The first-order valence-corrected chi connectivity index (χ1v) is 9.18. The maximum absolute atomic E-state index is 10.1. The lowest BCUT2D eigenvalue weighted by Crippen LogP contribution is -2.51. The first-order chi connectivity index (χ1) is 9.83. The fourth-order valence-corrected chi connectivity index (χ4v) is 5.20. The van der Waals surface area contributed by atoms with E-state index in [1.807, 2.05) is 0 Å². The van der Waals surface area contributed by atoms with Gasteiger partial charge in [-0.15, -0.1) is 0 Å². The highest BCUT2D eigenvalue weighted by atomic mass is 16.3. The van der Waals surface area contributed by atoms with E-state index in [-0.39, 0.29) is 5.41 Å². The van der Waals surface area contributed by atoms with Crippen molar-refractivity contribution >= 4 is 0 Å². The lowest BCUT2D eigenvalue weighted by atomic mass is 9.75. The molecule has 0 bridgehead atoms. The van der Waals surface area contributed by atoms with Gasteiger partial charge in [-0.1, -0.05) is 38.5 Å². The maximum Gasteiger partial charge on any atom is 0.0499 e. The molecule has 2 aliphatic carbocycles. The molecule has 0 radical (unpaired) electrons. The summed E-state index contributed by atoms with van der Waals surface area (Å²) >= 11 is 0. The third-order valence-electron chi connectivity index (χ3n) is 6.40. The summed E-state index contributed by atoms with van der Waals surface area (Å²) in [4.78, 5) is 2.80. The average Bonchev–Trinajstić information content (AvgIpc) is 2.74. The number of likely N-dealkylation sites (tertiary alicyclic amines) is 1. The second-order valence-corrected chi connectivity index (χ2v) is 7.80. The molecule has 0 amide bonds. The summed E-state index contributed by atoms with van der Waals surface area (Å²) in [5.41, 5.74) is 0.232. The Balaban J connectivity index is 1.67. The zero-order valence-electron chi connectivity index (χ0n) is 13.2. The van der Waals surface area contributed by atoms with Crippen LogP contribution >= 0.6 is 0 Å². The Kier molecular flexibility index (Phi) is 5.04. The van der Waals surface area contributed by atoms with E-state index in [4.69, 9.17) is 0 Å². The highest BCUT2D eigenvalue weighted by molar-refractivity contribution is 4.92. The first-order valence-electron chi connectivity index (χ1n) is 9.18. The minimum Gasteiger partial charge on any atom is -0.396 e. The standard InChI is InChI=1S/C18H33NO/c20-15-18(11-5-1-2-6-12-18)14-19-13-7-9-16-8-3-4-10-17(16)19/h16-17,20H,1-15H2. The summed E-state index contributed by atoms with van der Waals surface area (Å²) in [5.74, 6) is 0.971. The number of aliphatic hydroxyl groups excluding tert-OH is 1. The number of nitrogens with zero attached hydrogens (tertiary/aromatic N) is 1. The predicted octanol–water partition coefficient (Wildman–Crippen LogP) is 3.97. The molecule has 1 aliphatic heterocycles. The zero-order chi connectivity index (χ0) is 13.8. The van der Waals surface area contributed by atoms with Crippen LogP contribution in [0, 0.1) is 11.3 Å². The minimum atomic E-state index is 0.232. The van der Waals surface area contributed by atoms with Crippen LogP contribution in [0.2, 0.25) is 0 Å². The monoisotopic (exact) mass is 279 g/mol. The van der Waals surface area contributed by atoms with E-state index in [1.165, 1.54) is 90.1 Å². The van der Waals surface area contributed by atoms with Crippen LogP contribution in [0.3, 0.4) is 0 Å². The molecule has 2 saturated carbocycles. The molecule has 2 heteroatoms. The van der Waals surface area contributed by atoms with Crippen molar-refractivity contribution in [3.8, 4) is 0 Å². The second kappa shape index (κ2) is 6.79. The normalized spacial score (nSPS) is 35.2. The predicted molar refractivity (Wildman–Crippen MR) is 83.8 cm³/mol. The molecular formula is C18H33NO. The molecule has 3 fully saturated rings. The molecule has 0 aromatic carbocycles. The SMILES string of the molecule is OCC1(CN2CCCC3CCCCC32)CCCCCC1. The van der Waals surface area contributed by atoms with E-state index in [1.54, 1.807) is 0 Å². The molecule has 1 saturated heterocycles. The summed E-state index contributed by atoms with van der Waals surface area (Å²) in [6.07, 6.45) is 16.6. The second-order valence-electron chi connectivity index (χ2n) is 7.80. The molecule has 20 heavy (non-hydrogen) atoms. The molecule has 116 valence electrons. The van der Waals surface area contributed by atoms with Crippen molar-refractivity contribution in [3.05, 3.63) is 0 Å². The smallest absolute Gasteiger partial charge is 0.0499 e. The quantitative estimate of drug-likeness (QED) is 0.790. The third-order valence-corrected chi connectivity index (χ3v) is 6.40. The molecule has 2 unspecified atom stereocenters. The Morgan fingerprint density at radius 3 is 2.30 bits per heavy atom. The van der Waals surface area contributed by atoms with Gasteiger partial charge in [0.2, 0.25) is 0 Å². The molecule has 1 N–H and O–H groups in total. The van der Waals surface area contributed by atoms with E-state index < -0.39 is 0 Å². The van der Waals surface area contributed by atoms with Crippen molar-refractivity contribution in [1.82, 2.24) is 4.90 Å². The molecular weight excluding hydrogens is 246 g/mol. The van der Waals surface area contributed by atoms with Crippen molar-refractivity contribution in [2.24, 2.45) is 11.3 Å². The van der Waals surface area contributed by atoms with Crippen molar-refractivity contribution in [2.75, 3.05) is 19.7 Å². The van der Waals surface area contributed by atoms with Gasteiger partial charge in [0, 0.05) is 24.6 Å². The molecule has 2 atom stereocenters. The number of hydrogen-bond acceptors (Lipinski definition) is 2. The summed E-state index contributed by atoms with van der Waals surface area (Å²) in [7, 11) is 0. The highest BCUT2D eigenvalue weighted by Gasteiger charge is 2.38. The molecule has 3 aliphatic rings. The van der Waals surface area contributed by atoms with E-state index in [2.05, 4.69) is 4.90 Å². The van der Waals surface area contributed by atoms with Gasteiger partial charge in [-0.25, -0.2) is 0 Å². The van der Waals surface area contributed by atoms with Crippen LogP contribution in [-0.2, 0) is 0 Å². The summed E-state index contributed by atoms with van der Waals surface area (Å²) in [6.45, 7) is 2.90. The lowest BCUT2D eigenvalue weighted by Gasteiger charge is -2.48. The summed E-state index contributed by atoms with van der Waals surface area (Å²) in [5, 5.41) is 10.1. The maximum atomic E-state index is 10.1. The summed E-state index contributed by atoms with van der Waals surface area (Å²) in [6, 6.07) is 0.851. The van der Waals surface area contributed by atoms with Crippen LogP contribution in [-0.4, -0.2) is 35.7 Å². The zero-order valence-corrected chi connectivity index (χ0v) is 13.2. The molecule has 0 aromatic heterocycles. The fourth-order valence-electron chi connectivity index (χ4n) is 5.20. The molecule has 0 aromatic rings. The topological polar surface area (TPSA) is 23.5 Å². The number of aliphatic hydroxyl groups is 1. The van der Waals surface area contributed by atoms with Gasteiger partial charge in [0.1, 0.15) is 0 Å². The Bertz CT molecular complexity index is 294. The largest absolute Gasteiger partial charge is 0.396 e. The van der Waals surface area contributed by atoms with E-state index in [0.29, 0.717) is 6.61 Å². The van der Waals surface area contributed by atoms with Crippen molar-refractivity contribution < 1.29 is 5.11 Å². The minimum absolute atomic E-state index is 0.232. The Hall–Kier alpha value is -0.0800. The molecule has 1 heterocycles. The molecule has 2 nitrogen and oxygen atoms in total.